The maximum absolute atomic E-state index is 12.3. The van der Waals surface area contributed by atoms with Crippen molar-refractivity contribution in [3.63, 3.8) is 0 Å². The number of phenols is 1. The predicted octanol–water partition coefficient (Wildman–Crippen LogP) is 6.53. The van der Waals surface area contributed by atoms with Crippen LogP contribution in [0.2, 0.25) is 10.0 Å². The summed E-state index contributed by atoms with van der Waals surface area (Å²) in [6.45, 7) is 1.11. The van der Waals surface area contributed by atoms with Crippen molar-refractivity contribution in [2.24, 2.45) is 5.92 Å². The summed E-state index contributed by atoms with van der Waals surface area (Å²) in [4.78, 5) is 24.4. The zero-order valence-corrected chi connectivity index (χ0v) is 21.5. The number of hydrogen-bond acceptors (Lipinski definition) is 6. The lowest BCUT2D eigenvalue weighted by molar-refractivity contribution is 0.112. The Morgan fingerprint density at radius 1 is 1.06 bits per heavy atom. The Hall–Kier alpha value is -2.41. The van der Waals surface area contributed by atoms with Crippen LogP contribution < -0.4 is 5.32 Å². The van der Waals surface area contributed by atoms with Gasteiger partial charge in [-0.2, -0.15) is 0 Å². The van der Waals surface area contributed by atoms with E-state index in [1.807, 2.05) is 12.1 Å². The Morgan fingerprint density at radius 2 is 1.74 bits per heavy atom. The second-order valence-electron chi connectivity index (χ2n) is 10.2. The molecule has 0 bridgehead atoms. The van der Waals surface area contributed by atoms with Gasteiger partial charge in [0.05, 0.1) is 38.2 Å². The van der Waals surface area contributed by atoms with Crippen LogP contribution in [0.5, 0.6) is 5.75 Å². The van der Waals surface area contributed by atoms with E-state index in [1.54, 1.807) is 12.1 Å². The lowest BCUT2D eigenvalue weighted by atomic mass is 9.85. The molecule has 5 rings (SSSR count). The van der Waals surface area contributed by atoms with Gasteiger partial charge in [-0.1, -0.05) is 23.2 Å². The molecule has 0 aliphatic heterocycles. The first-order valence-electron chi connectivity index (χ1n) is 12.2. The number of halogens is 2. The minimum atomic E-state index is -0.149. The maximum Gasteiger partial charge on any atom is 0.154 e. The minimum absolute atomic E-state index is 0.149. The number of fused-ring (bicyclic) bond motifs is 1. The van der Waals surface area contributed by atoms with Crippen molar-refractivity contribution in [1.82, 2.24) is 14.9 Å². The smallest absolute Gasteiger partial charge is 0.154 e. The summed E-state index contributed by atoms with van der Waals surface area (Å²) >= 11 is 12.3. The van der Waals surface area contributed by atoms with Crippen LogP contribution in [0.25, 0.3) is 22.3 Å². The molecule has 0 radical (unpaired) electrons. The van der Waals surface area contributed by atoms with Crippen molar-refractivity contribution in [3.05, 3.63) is 45.6 Å². The largest absolute Gasteiger partial charge is 0.505 e. The highest BCUT2D eigenvalue weighted by molar-refractivity contribution is 6.37. The van der Waals surface area contributed by atoms with E-state index in [0.717, 1.165) is 68.3 Å². The summed E-state index contributed by atoms with van der Waals surface area (Å²) in [5.41, 5.74) is 5.06. The third-order valence-electron chi connectivity index (χ3n) is 7.11. The van der Waals surface area contributed by atoms with Crippen molar-refractivity contribution >= 4 is 46.2 Å². The number of anilines is 1. The topological polar surface area (TPSA) is 78.4 Å². The van der Waals surface area contributed by atoms with Crippen molar-refractivity contribution in [1.29, 1.82) is 0 Å². The molecule has 0 saturated heterocycles. The molecule has 6 nitrogen and oxygen atoms in total. The fourth-order valence-corrected chi connectivity index (χ4v) is 5.68. The molecule has 184 valence electrons. The third-order valence-corrected chi connectivity index (χ3v) is 7.69. The number of pyridine rings is 2. The molecule has 0 amide bonds. The van der Waals surface area contributed by atoms with Crippen LogP contribution in [0, 0.1) is 5.92 Å². The van der Waals surface area contributed by atoms with Crippen LogP contribution >= 0.6 is 23.2 Å². The number of nitrogens with zero attached hydrogens (tertiary/aromatic N) is 3. The molecular formula is C27H30Cl2N4O2. The number of phenolic OH excluding ortho intramolecular Hbond substituents is 1. The lowest BCUT2D eigenvalue weighted by Crippen LogP contribution is -2.31. The molecule has 0 spiro atoms. The summed E-state index contributed by atoms with van der Waals surface area (Å²) in [5.74, 6) is 0.896. The van der Waals surface area contributed by atoms with E-state index in [9.17, 15) is 9.90 Å². The van der Waals surface area contributed by atoms with Crippen molar-refractivity contribution in [3.8, 4) is 17.0 Å². The number of aromatic nitrogens is 2. The van der Waals surface area contributed by atoms with Gasteiger partial charge in [0.1, 0.15) is 5.52 Å². The summed E-state index contributed by atoms with van der Waals surface area (Å²) in [6.07, 6.45) is 7.49. The average Bonchev–Trinajstić information content (AvgIpc) is 3.68. The molecule has 2 aliphatic carbocycles. The van der Waals surface area contributed by atoms with E-state index in [0.29, 0.717) is 34.2 Å². The lowest BCUT2D eigenvalue weighted by Gasteiger charge is -2.32. The maximum atomic E-state index is 12.3. The Bertz CT molecular complexity index is 1240. The van der Waals surface area contributed by atoms with Gasteiger partial charge < -0.3 is 15.3 Å². The second-order valence-corrected chi connectivity index (χ2v) is 11.0. The molecule has 0 unspecified atom stereocenters. The first-order valence-corrected chi connectivity index (χ1v) is 13.0. The fourth-order valence-electron chi connectivity index (χ4n) is 5.19. The fraction of sp³-hybridized carbons (Fsp3) is 0.444. The highest BCUT2D eigenvalue weighted by Gasteiger charge is 2.31. The number of nitrogens with one attached hydrogen (secondary N) is 1. The van der Waals surface area contributed by atoms with E-state index in [4.69, 9.17) is 33.2 Å². The Morgan fingerprint density at radius 3 is 2.34 bits per heavy atom. The highest BCUT2D eigenvalue weighted by atomic mass is 35.5. The van der Waals surface area contributed by atoms with Crippen LogP contribution in [-0.2, 0) is 0 Å². The normalized spacial score (nSPS) is 20.4. The van der Waals surface area contributed by atoms with Crippen LogP contribution in [0.1, 0.15) is 60.5 Å². The van der Waals surface area contributed by atoms with Gasteiger partial charge in [-0.15, -0.1) is 0 Å². The number of hydrogen-bond donors (Lipinski definition) is 2. The van der Waals surface area contributed by atoms with Gasteiger partial charge in [-0.05, 0) is 82.8 Å². The first kappa shape index (κ1) is 24.3. The van der Waals surface area contributed by atoms with Gasteiger partial charge >= 0.3 is 0 Å². The van der Waals surface area contributed by atoms with Crippen LogP contribution in [0.3, 0.4) is 0 Å². The first-order chi connectivity index (χ1) is 16.8. The number of benzene rings is 1. The van der Waals surface area contributed by atoms with Crippen molar-refractivity contribution in [2.45, 2.75) is 50.5 Å². The van der Waals surface area contributed by atoms with Gasteiger partial charge in [0.15, 0.2) is 12.0 Å². The van der Waals surface area contributed by atoms with Gasteiger partial charge in [0.2, 0.25) is 0 Å². The zero-order valence-electron chi connectivity index (χ0n) is 20.0. The van der Waals surface area contributed by atoms with E-state index in [-0.39, 0.29) is 21.8 Å². The summed E-state index contributed by atoms with van der Waals surface area (Å²) in [6, 6.07) is 7.38. The second kappa shape index (κ2) is 9.92. The number of rotatable bonds is 7. The molecule has 2 heterocycles. The highest BCUT2D eigenvalue weighted by Crippen LogP contribution is 2.44. The molecule has 2 N–H and O–H groups in total. The molecule has 35 heavy (non-hydrogen) atoms. The third kappa shape index (κ3) is 5.11. The van der Waals surface area contributed by atoms with Gasteiger partial charge in [0, 0.05) is 24.1 Å². The molecule has 2 aromatic heterocycles. The standard InChI is InChI=1S/C27H30Cl2N4O2/c1-33(2)13-15-3-7-18(8-4-15)30-25-19(14-34)24(16-5-6-16)32-23-10-9-22(31-26(23)25)17-11-20(28)27(35)21(29)12-17/h9-12,14-16,18,35H,3-8,13H2,1-2H3,(H,30,32)/t15-,18-. The van der Waals surface area contributed by atoms with Crippen LogP contribution in [0.4, 0.5) is 5.69 Å². The monoisotopic (exact) mass is 512 g/mol. The number of aldehydes is 1. The molecule has 1 aromatic carbocycles. The van der Waals surface area contributed by atoms with Crippen molar-refractivity contribution in [2.75, 3.05) is 26.0 Å². The molecule has 8 heteroatoms. The summed E-state index contributed by atoms with van der Waals surface area (Å²) < 4.78 is 0. The molecule has 2 fully saturated rings. The predicted molar refractivity (Wildman–Crippen MR) is 142 cm³/mol. The zero-order chi connectivity index (χ0) is 24.7. The number of carbonyl (C=O) groups excluding carboxylic acids is 1. The van der Waals surface area contributed by atoms with Gasteiger partial charge in [-0.3, -0.25) is 4.79 Å². The molecule has 0 atom stereocenters. The Kier molecular flexibility index (Phi) is 6.88. The van der Waals surface area contributed by atoms with Crippen LogP contribution in [-0.4, -0.2) is 52.9 Å². The van der Waals surface area contributed by atoms with Crippen molar-refractivity contribution < 1.29 is 9.90 Å². The minimum Gasteiger partial charge on any atom is -0.505 e. The number of carbonyl (C=O) groups is 1. The average molecular weight is 513 g/mol. The Labute approximate surface area is 215 Å². The molecule has 3 aromatic rings. The van der Waals surface area contributed by atoms with Crippen LogP contribution in [0.15, 0.2) is 24.3 Å². The molecule has 2 saturated carbocycles. The number of aromatic hydroxyl groups is 1. The Balaban J connectivity index is 1.55. The molecule has 2 aliphatic rings. The SMILES string of the molecule is CN(C)C[C@H]1CC[C@H](Nc2c(C=O)c(C3CC3)nc3ccc(-c4cc(Cl)c(O)c(Cl)c4)nc23)CC1. The van der Waals surface area contributed by atoms with Gasteiger partial charge in [0.25, 0.3) is 0 Å². The van der Waals surface area contributed by atoms with Gasteiger partial charge in [-0.25, -0.2) is 9.97 Å². The summed E-state index contributed by atoms with van der Waals surface area (Å²) in [7, 11) is 4.25. The summed E-state index contributed by atoms with van der Waals surface area (Å²) in [5, 5.41) is 14.0. The van der Waals surface area contributed by atoms with E-state index < -0.39 is 0 Å². The quantitative estimate of drug-likeness (QED) is 0.350. The van der Waals surface area contributed by atoms with E-state index in [2.05, 4.69) is 24.3 Å². The van der Waals surface area contributed by atoms with E-state index in [1.165, 1.54) is 0 Å². The molecular weight excluding hydrogens is 483 g/mol. The van der Waals surface area contributed by atoms with E-state index >= 15 is 0 Å².